The summed E-state index contributed by atoms with van der Waals surface area (Å²) in [5.41, 5.74) is -0.508. The van der Waals surface area contributed by atoms with Crippen LogP contribution in [0.2, 0.25) is 5.15 Å². The fraction of sp³-hybridized carbons (Fsp3) is 0.688. The summed E-state index contributed by atoms with van der Waals surface area (Å²) in [6.45, 7) is 9.22. The van der Waals surface area contributed by atoms with Crippen LogP contribution >= 0.6 is 11.6 Å². The van der Waals surface area contributed by atoms with E-state index in [0.717, 1.165) is 18.9 Å². The minimum absolute atomic E-state index is 0.163. The van der Waals surface area contributed by atoms with Crippen LogP contribution in [0, 0.1) is 0 Å². The van der Waals surface area contributed by atoms with Crippen LogP contribution in [0.25, 0.3) is 0 Å². The molecule has 1 aromatic heterocycles. The fourth-order valence-corrected chi connectivity index (χ4v) is 2.70. The zero-order valence-electron chi connectivity index (χ0n) is 14.7. The van der Waals surface area contributed by atoms with Gasteiger partial charge in [-0.1, -0.05) is 11.6 Å². The van der Waals surface area contributed by atoms with Crippen molar-refractivity contribution in [3.8, 4) is 6.01 Å². The number of hydrogen-bond acceptors (Lipinski definition) is 7. The molecule has 3 rings (SSSR count). The molecule has 0 saturated carbocycles. The molecule has 2 saturated heterocycles. The normalized spacial score (nSPS) is 18.7. The Morgan fingerprint density at radius 3 is 2.60 bits per heavy atom. The van der Waals surface area contributed by atoms with Crippen molar-refractivity contribution in [1.29, 1.82) is 0 Å². The van der Waals surface area contributed by atoms with Gasteiger partial charge in [0.1, 0.15) is 22.7 Å². The van der Waals surface area contributed by atoms with Gasteiger partial charge in [0, 0.05) is 19.2 Å². The Hall–Kier alpha value is -1.80. The third kappa shape index (κ3) is 4.85. The first kappa shape index (κ1) is 18.0. The first-order valence-electron chi connectivity index (χ1n) is 8.32. The lowest BCUT2D eigenvalue weighted by molar-refractivity contribution is -0.0244. The van der Waals surface area contributed by atoms with E-state index in [0.29, 0.717) is 31.5 Å². The smallest absolute Gasteiger partial charge is 0.410 e. The summed E-state index contributed by atoms with van der Waals surface area (Å²) >= 11 is 6.09. The second kappa shape index (κ2) is 7.21. The lowest BCUT2D eigenvalue weighted by Crippen LogP contribution is -2.57. The number of amides is 1. The van der Waals surface area contributed by atoms with Crippen molar-refractivity contribution >= 4 is 23.5 Å². The van der Waals surface area contributed by atoms with Gasteiger partial charge >= 0.3 is 12.1 Å². The molecule has 0 radical (unpaired) electrons. The van der Waals surface area contributed by atoms with E-state index in [1.165, 1.54) is 0 Å². The molecule has 138 valence electrons. The van der Waals surface area contributed by atoms with Crippen molar-refractivity contribution in [2.45, 2.75) is 32.5 Å². The minimum Gasteiger partial charge on any atom is -0.456 e. The number of aromatic nitrogens is 2. The molecule has 2 aliphatic heterocycles. The van der Waals surface area contributed by atoms with Crippen LogP contribution in [-0.4, -0.2) is 72.1 Å². The predicted molar refractivity (Wildman–Crippen MR) is 92.3 cm³/mol. The van der Waals surface area contributed by atoms with E-state index in [2.05, 4.69) is 14.9 Å². The van der Waals surface area contributed by atoms with Crippen molar-refractivity contribution in [2.75, 3.05) is 44.3 Å². The molecule has 2 aliphatic rings. The summed E-state index contributed by atoms with van der Waals surface area (Å²) in [6.07, 6.45) is -0.503. The highest BCUT2D eigenvalue weighted by Crippen LogP contribution is 2.23. The average molecular weight is 371 g/mol. The maximum absolute atomic E-state index is 11.9. The zero-order valence-corrected chi connectivity index (χ0v) is 15.5. The maximum Gasteiger partial charge on any atom is 0.410 e. The van der Waals surface area contributed by atoms with Crippen LogP contribution in [0.1, 0.15) is 20.8 Å². The number of hydrogen-bond donors (Lipinski definition) is 0. The van der Waals surface area contributed by atoms with Gasteiger partial charge in [-0.15, -0.1) is 0 Å². The van der Waals surface area contributed by atoms with Gasteiger partial charge in [-0.3, -0.25) is 0 Å². The molecule has 2 fully saturated rings. The number of likely N-dealkylation sites (tertiary alicyclic amines) is 1. The van der Waals surface area contributed by atoms with Crippen LogP contribution in [-0.2, 0) is 9.47 Å². The highest BCUT2D eigenvalue weighted by molar-refractivity contribution is 6.29. The molecule has 8 nitrogen and oxygen atoms in total. The molecular weight excluding hydrogens is 348 g/mol. The second-order valence-corrected chi connectivity index (χ2v) is 7.44. The summed E-state index contributed by atoms with van der Waals surface area (Å²) in [5, 5.41) is 0.329. The van der Waals surface area contributed by atoms with Crippen molar-refractivity contribution in [3.63, 3.8) is 0 Å². The molecular formula is C16H23ClN4O4. The number of carbonyl (C=O) groups is 1. The molecule has 0 aromatic carbocycles. The number of morpholine rings is 1. The summed E-state index contributed by atoms with van der Waals surface area (Å²) in [5.74, 6) is 0.724. The minimum atomic E-state index is -0.508. The maximum atomic E-state index is 11.9. The van der Waals surface area contributed by atoms with E-state index in [1.54, 1.807) is 11.0 Å². The number of nitrogens with zero attached hydrogens (tertiary/aromatic N) is 4. The molecule has 1 aromatic rings. The van der Waals surface area contributed by atoms with E-state index in [9.17, 15) is 4.79 Å². The number of carbonyl (C=O) groups excluding carboxylic acids is 1. The molecule has 0 aliphatic carbocycles. The van der Waals surface area contributed by atoms with E-state index in [-0.39, 0.29) is 18.2 Å². The topological polar surface area (TPSA) is 77.0 Å². The highest BCUT2D eigenvalue weighted by atomic mass is 35.5. The predicted octanol–water partition coefficient (Wildman–Crippen LogP) is 1.96. The Morgan fingerprint density at radius 2 is 1.96 bits per heavy atom. The molecule has 0 spiro atoms. The van der Waals surface area contributed by atoms with Crippen LogP contribution in [0.3, 0.4) is 0 Å². The van der Waals surface area contributed by atoms with E-state index < -0.39 is 5.60 Å². The van der Waals surface area contributed by atoms with Gasteiger partial charge in [0.2, 0.25) is 0 Å². The third-order valence-electron chi connectivity index (χ3n) is 3.77. The van der Waals surface area contributed by atoms with E-state index in [4.69, 9.17) is 25.8 Å². The molecule has 9 heteroatoms. The Kier molecular flexibility index (Phi) is 5.19. The van der Waals surface area contributed by atoms with Crippen molar-refractivity contribution < 1.29 is 19.0 Å². The molecule has 0 atom stereocenters. The first-order chi connectivity index (χ1) is 11.8. The largest absolute Gasteiger partial charge is 0.456 e. The van der Waals surface area contributed by atoms with Crippen LogP contribution in [0.4, 0.5) is 10.6 Å². The van der Waals surface area contributed by atoms with Crippen LogP contribution < -0.4 is 9.64 Å². The molecule has 0 N–H and O–H groups in total. The number of halogens is 1. The Labute approximate surface area is 152 Å². The van der Waals surface area contributed by atoms with E-state index >= 15 is 0 Å². The summed E-state index contributed by atoms with van der Waals surface area (Å²) in [6, 6.07) is 1.94. The lowest BCUT2D eigenvalue weighted by atomic mass is 10.2. The standard InChI is InChI=1S/C16H23ClN4O4/c1-16(2,3)25-15(22)21-9-11(10-21)24-14-18-12(17)8-13(19-14)20-4-6-23-7-5-20/h8,11H,4-7,9-10H2,1-3H3. The van der Waals surface area contributed by atoms with Crippen LogP contribution in [0.5, 0.6) is 6.01 Å². The van der Waals surface area contributed by atoms with Gasteiger partial charge in [0.05, 0.1) is 26.3 Å². The quantitative estimate of drug-likeness (QED) is 0.752. The van der Waals surface area contributed by atoms with Crippen LogP contribution in [0.15, 0.2) is 6.07 Å². The molecule has 3 heterocycles. The summed E-state index contributed by atoms with van der Waals surface area (Å²) < 4.78 is 16.4. The molecule has 0 unspecified atom stereocenters. The first-order valence-corrected chi connectivity index (χ1v) is 8.70. The highest BCUT2D eigenvalue weighted by Gasteiger charge is 2.35. The summed E-state index contributed by atoms with van der Waals surface area (Å²) in [4.78, 5) is 24.1. The fourth-order valence-electron chi connectivity index (χ4n) is 2.53. The molecule has 0 bridgehead atoms. The SMILES string of the molecule is CC(C)(C)OC(=O)N1CC(Oc2nc(Cl)cc(N3CCOCC3)n2)C1. The number of rotatable bonds is 3. The third-order valence-corrected chi connectivity index (χ3v) is 3.96. The average Bonchev–Trinajstić information content (AvgIpc) is 2.49. The Bertz CT molecular complexity index is 625. The van der Waals surface area contributed by atoms with Crippen molar-refractivity contribution in [2.24, 2.45) is 0 Å². The second-order valence-electron chi connectivity index (χ2n) is 7.06. The monoisotopic (exact) mass is 370 g/mol. The zero-order chi connectivity index (χ0) is 18.0. The number of anilines is 1. The van der Waals surface area contributed by atoms with Gasteiger partial charge < -0.3 is 24.0 Å². The Morgan fingerprint density at radius 1 is 1.28 bits per heavy atom. The molecule has 25 heavy (non-hydrogen) atoms. The van der Waals surface area contributed by atoms with Crippen molar-refractivity contribution in [1.82, 2.24) is 14.9 Å². The van der Waals surface area contributed by atoms with Gasteiger partial charge in [0.25, 0.3) is 0 Å². The van der Waals surface area contributed by atoms with Gasteiger partial charge in [-0.05, 0) is 20.8 Å². The van der Waals surface area contributed by atoms with E-state index in [1.807, 2.05) is 20.8 Å². The van der Waals surface area contributed by atoms with Crippen molar-refractivity contribution in [3.05, 3.63) is 11.2 Å². The van der Waals surface area contributed by atoms with Gasteiger partial charge in [-0.25, -0.2) is 4.79 Å². The molecule has 1 amide bonds. The van der Waals surface area contributed by atoms with Gasteiger partial charge in [-0.2, -0.15) is 9.97 Å². The number of ether oxygens (including phenoxy) is 3. The Balaban J connectivity index is 1.55. The lowest BCUT2D eigenvalue weighted by Gasteiger charge is -2.39. The summed E-state index contributed by atoms with van der Waals surface area (Å²) in [7, 11) is 0. The van der Waals surface area contributed by atoms with Gasteiger partial charge in [0.15, 0.2) is 0 Å².